The number of hydrogen-bond donors (Lipinski definition) is 0. The second-order valence-corrected chi connectivity index (χ2v) is 13.9. The Balaban J connectivity index is 1.41. The van der Waals surface area contributed by atoms with Gasteiger partial charge in [0.05, 0.1) is 57.6 Å². The third-order valence-electron chi connectivity index (χ3n) is 11.0. The smallest absolute Gasteiger partial charge is 0.177 e. The summed E-state index contributed by atoms with van der Waals surface area (Å²) >= 11 is 0. The van der Waals surface area contributed by atoms with Crippen molar-refractivity contribution in [1.82, 2.24) is 13.7 Å². The molecule has 0 unspecified atom stereocenters. The summed E-state index contributed by atoms with van der Waals surface area (Å²) in [6, 6.07) is 61.7. The zero-order valence-corrected chi connectivity index (χ0v) is 29.5. The summed E-state index contributed by atoms with van der Waals surface area (Å²) in [5.41, 5.74) is 12.0. The van der Waals surface area contributed by atoms with Crippen LogP contribution in [0.4, 0.5) is 11.4 Å². The average Bonchev–Trinajstić information content (AvgIpc) is 3.89. The fourth-order valence-corrected chi connectivity index (χ4v) is 8.78. The summed E-state index contributed by atoms with van der Waals surface area (Å²) in [5, 5.41) is 6.99. The van der Waals surface area contributed by atoms with Crippen molar-refractivity contribution in [2.75, 3.05) is 0 Å². The lowest BCUT2D eigenvalue weighted by atomic mass is 9.99. The summed E-state index contributed by atoms with van der Waals surface area (Å²) in [6.07, 6.45) is 0. The monoisotopic (exact) mass is 699 g/mol. The van der Waals surface area contributed by atoms with Crippen LogP contribution < -0.4 is 0 Å². The van der Waals surface area contributed by atoms with Crippen molar-refractivity contribution in [3.8, 4) is 28.2 Å². The molecule has 11 aromatic rings. The van der Waals surface area contributed by atoms with Crippen LogP contribution in [0.1, 0.15) is 0 Å². The van der Waals surface area contributed by atoms with Gasteiger partial charge in [-0.1, -0.05) is 127 Å². The average molecular weight is 700 g/mol. The van der Waals surface area contributed by atoms with E-state index < -0.39 is 0 Å². The van der Waals surface area contributed by atoms with Crippen molar-refractivity contribution in [1.29, 1.82) is 0 Å². The lowest BCUT2D eigenvalue weighted by Crippen LogP contribution is -2.08. The number of aromatic nitrogens is 3. The fraction of sp³-hybridized carbons (Fsp3) is 0. The summed E-state index contributed by atoms with van der Waals surface area (Å²) in [4.78, 5) is 7.71. The van der Waals surface area contributed by atoms with Crippen LogP contribution in [0.2, 0.25) is 0 Å². The largest absolute Gasteiger partial charge is 0.309 e. The van der Waals surface area contributed by atoms with E-state index >= 15 is 0 Å². The van der Waals surface area contributed by atoms with E-state index in [4.69, 9.17) is 13.1 Å². The maximum absolute atomic E-state index is 8.07. The minimum atomic E-state index is 0.428. The Kier molecular flexibility index (Phi) is 6.61. The van der Waals surface area contributed by atoms with Crippen LogP contribution >= 0.6 is 0 Å². The molecule has 5 heteroatoms. The van der Waals surface area contributed by atoms with Crippen LogP contribution in [-0.2, 0) is 0 Å². The van der Waals surface area contributed by atoms with Crippen molar-refractivity contribution in [2.24, 2.45) is 0 Å². The maximum atomic E-state index is 8.07. The summed E-state index contributed by atoms with van der Waals surface area (Å²) in [7, 11) is 0. The summed E-state index contributed by atoms with van der Waals surface area (Å²) in [5.74, 6) is 0. The topological polar surface area (TPSA) is 23.5 Å². The standard InChI is InChI=1S/C50H29N5/c1-51-33-27-32(28-34(29-33)52-2)42-30-35(53-43-21-9-3-15-36(43)37-16-4-10-22-44(37)53)31-49(54-45-23-11-5-17-38(45)39-18-6-12-24-46(39)54)50(42)55-47-25-13-7-19-40(47)41-20-8-14-26-48(41)55/h3-31H. The molecule has 5 nitrogen and oxygen atoms in total. The molecule has 3 heterocycles. The van der Waals surface area contributed by atoms with Gasteiger partial charge in [-0.15, -0.1) is 0 Å². The van der Waals surface area contributed by atoms with E-state index in [1.807, 2.05) is 12.1 Å². The molecule has 0 bridgehead atoms. The Morgan fingerprint density at radius 1 is 0.345 bits per heavy atom. The molecule has 0 aliphatic carbocycles. The van der Waals surface area contributed by atoms with Crippen LogP contribution in [0.15, 0.2) is 176 Å². The predicted octanol–water partition coefficient (Wildman–Crippen LogP) is 13.7. The van der Waals surface area contributed by atoms with Gasteiger partial charge in [-0.25, -0.2) is 9.69 Å². The Morgan fingerprint density at radius 3 is 1.07 bits per heavy atom. The molecule has 0 amide bonds. The van der Waals surface area contributed by atoms with Gasteiger partial charge in [0.15, 0.2) is 11.4 Å². The highest BCUT2D eigenvalue weighted by Crippen LogP contribution is 2.45. The number of fused-ring (bicyclic) bond motifs is 9. The van der Waals surface area contributed by atoms with E-state index in [2.05, 4.69) is 181 Å². The quantitative estimate of drug-likeness (QED) is 0.163. The Hall–Kier alpha value is -7.86. The molecule has 0 saturated heterocycles. The van der Waals surface area contributed by atoms with Gasteiger partial charge in [0.25, 0.3) is 0 Å². The predicted molar refractivity (Wildman–Crippen MR) is 227 cm³/mol. The van der Waals surface area contributed by atoms with Gasteiger partial charge in [-0.05, 0) is 54.1 Å². The lowest BCUT2D eigenvalue weighted by molar-refractivity contribution is 1.08. The fourth-order valence-electron chi connectivity index (χ4n) is 8.78. The molecule has 0 radical (unpaired) electrons. The van der Waals surface area contributed by atoms with Crippen molar-refractivity contribution in [3.05, 3.63) is 199 Å². The third-order valence-corrected chi connectivity index (χ3v) is 11.0. The third kappa shape index (κ3) is 4.45. The normalized spacial score (nSPS) is 11.6. The molecule has 55 heavy (non-hydrogen) atoms. The van der Waals surface area contributed by atoms with Gasteiger partial charge in [-0.3, -0.25) is 0 Å². The van der Waals surface area contributed by atoms with Gasteiger partial charge in [0.2, 0.25) is 0 Å². The Labute approximate surface area is 316 Å². The minimum Gasteiger partial charge on any atom is -0.309 e. The molecule has 0 N–H and O–H groups in total. The van der Waals surface area contributed by atoms with Gasteiger partial charge in [0.1, 0.15) is 0 Å². The van der Waals surface area contributed by atoms with Crippen LogP contribution in [-0.4, -0.2) is 13.7 Å². The maximum Gasteiger partial charge on any atom is 0.177 e. The molecule has 254 valence electrons. The SMILES string of the molecule is [C-]#[N+]c1cc([N+]#[C-])cc(-c2cc(-n3c4ccccc4c4ccccc43)cc(-n3c4ccccc4c4ccccc43)c2-n2c3ccccc3c3ccccc32)c1. The summed E-state index contributed by atoms with van der Waals surface area (Å²) in [6.45, 7) is 16.1. The van der Waals surface area contributed by atoms with Gasteiger partial charge in [-0.2, -0.15) is 0 Å². The molecule has 0 fully saturated rings. The first-order valence-corrected chi connectivity index (χ1v) is 18.3. The van der Waals surface area contributed by atoms with Crippen molar-refractivity contribution in [2.45, 2.75) is 0 Å². The molecule has 3 aromatic heterocycles. The number of para-hydroxylation sites is 6. The highest BCUT2D eigenvalue weighted by Gasteiger charge is 2.25. The van der Waals surface area contributed by atoms with Gasteiger partial charge >= 0.3 is 0 Å². The molecule has 0 atom stereocenters. The van der Waals surface area contributed by atoms with Crippen LogP contribution in [0.3, 0.4) is 0 Å². The number of benzene rings is 8. The van der Waals surface area contributed by atoms with Crippen molar-refractivity contribution < 1.29 is 0 Å². The molecule has 8 aromatic carbocycles. The van der Waals surface area contributed by atoms with Crippen LogP contribution in [0.5, 0.6) is 0 Å². The molecule has 0 aliphatic heterocycles. The molecular formula is C50H29N5. The van der Waals surface area contributed by atoms with Crippen molar-refractivity contribution >= 4 is 76.8 Å². The van der Waals surface area contributed by atoms with E-state index in [9.17, 15) is 0 Å². The van der Waals surface area contributed by atoms with Crippen molar-refractivity contribution in [3.63, 3.8) is 0 Å². The van der Waals surface area contributed by atoms with Gasteiger partial charge in [0, 0.05) is 43.6 Å². The highest BCUT2D eigenvalue weighted by atomic mass is 15.1. The van der Waals surface area contributed by atoms with Crippen LogP contribution in [0, 0.1) is 13.1 Å². The zero-order valence-electron chi connectivity index (χ0n) is 29.5. The van der Waals surface area contributed by atoms with E-state index in [0.29, 0.717) is 11.4 Å². The van der Waals surface area contributed by atoms with E-state index in [0.717, 1.165) is 72.1 Å². The molecular weight excluding hydrogens is 671 g/mol. The van der Waals surface area contributed by atoms with E-state index in [-0.39, 0.29) is 0 Å². The molecule has 11 rings (SSSR count). The zero-order chi connectivity index (χ0) is 36.6. The lowest BCUT2D eigenvalue weighted by Gasteiger charge is -2.23. The number of rotatable bonds is 4. The number of nitrogens with zero attached hydrogens (tertiary/aromatic N) is 5. The second-order valence-electron chi connectivity index (χ2n) is 13.9. The van der Waals surface area contributed by atoms with Crippen LogP contribution in [0.25, 0.3) is 103 Å². The Morgan fingerprint density at radius 2 is 0.691 bits per heavy atom. The Bertz CT molecular complexity index is 3280. The minimum absolute atomic E-state index is 0.428. The molecule has 0 saturated carbocycles. The molecule has 0 aliphatic rings. The number of hydrogen-bond acceptors (Lipinski definition) is 0. The van der Waals surface area contributed by atoms with Gasteiger partial charge < -0.3 is 13.7 Å². The first-order valence-electron chi connectivity index (χ1n) is 18.3. The highest BCUT2D eigenvalue weighted by molar-refractivity contribution is 6.13. The first-order chi connectivity index (χ1) is 27.2. The van der Waals surface area contributed by atoms with E-state index in [1.165, 1.54) is 21.5 Å². The summed E-state index contributed by atoms with van der Waals surface area (Å²) < 4.78 is 7.14. The second kappa shape index (κ2) is 11.8. The molecule has 0 spiro atoms. The first kappa shape index (κ1) is 30.7. The van der Waals surface area contributed by atoms with E-state index in [1.54, 1.807) is 6.07 Å².